The summed E-state index contributed by atoms with van der Waals surface area (Å²) in [7, 11) is 1.61. The summed E-state index contributed by atoms with van der Waals surface area (Å²) in [6.45, 7) is 10.7. The summed E-state index contributed by atoms with van der Waals surface area (Å²) < 4.78 is 10.9. The number of likely N-dealkylation sites (tertiary alicyclic amines) is 1. The van der Waals surface area contributed by atoms with E-state index >= 15 is 0 Å². The van der Waals surface area contributed by atoms with Gasteiger partial charge in [-0.1, -0.05) is 56.3 Å². The normalized spacial score (nSPS) is 16.9. The molecule has 3 aromatic rings. The van der Waals surface area contributed by atoms with Gasteiger partial charge in [-0.25, -0.2) is 0 Å². The average Bonchev–Trinajstić information content (AvgIpc) is 3.27. The molecule has 1 amide bonds. The first kappa shape index (κ1) is 24.0. The van der Waals surface area contributed by atoms with Crippen molar-refractivity contribution in [1.82, 2.24) is 15.0 Å². The summed E-state index contributed by atoms with van der Waals surface area (Å²) in [6, 6.07) is 14.1. The molecule has 0 bridgehead atoms. The average molecular weight is 463 g/mol. The van der Waals surface area contributed by atoms with Crippen molar-refractivity contribution in [2.75, 3.05) is 25.5 Å². The second kappa shape index (κ2) is 9.97. The van der Waals surface area contributed by atoms with Crippen LogP contribution in [0.5, 0.6) is 5.75 Å². The van der Waals surface area contributed by atoms with Gasteiger partial charge in [-0.2, -0.15) is 4.98 Å². The maximum absolute atomic E-state index is 13.0. The number of anilines is 1. The van der Waals surface area contributed by atoms with Crippen LogP contribution in [-0.2, 0) is 16.8 Å². The molecule has 1 fully saturated rings. The lowest BCUT2D eigenvalue weighted by atomic mass is 9.87. The predicted octanol–water partition coefficient (Wildman–Crippen LogP) is 5.20. The Labute approximate surface area is 201 Å². The van der Waals surface area contributed by atoms with E-state index in [2.05, 4.69) is 53.3 Å². The van der Waals surface area contributed by atoms with E-state index in [1.807, 2.05) is 37.3 Å². The predicted molar refractivity (Wildman–Crippen MR) is 133 cm³/mol. The smallest absolute Gasteiger partial charge is 0.241 e. The molecule has 7 nitrogen and oxygen atoms in total. The number of ether oxygens (including phenoxy) is 1. The molecule has 4 rings (SSSR count). The quantitative estimate of drug-likeness (QED) is 0.542. The zero-order valence-electron chi connectivity index (χ0n) is 20.7. The number of nitrogens with zero attached hydrogens (tertiary/aromatic N) is 3. The number of carbonyl (C=O) groups is 1. The Morgan fingerprint density at radius 3 is 2.68 bits per heavy atom. The SMILES string of the molecule is COc1ccc(C)cc1NC(=O)C1CCCN(Cc2nc(-c3ccc(C(C)(C)C)cc3)no2)C1. The van der Waals surface area contributed by atoms with Crippen LogP contribution >= 0.6 is 0 Å². The van der Waals surface area contributed by atoms with E-state index in [-0.39, 0.29) is 17.2 Å². The van der Waals surface area contributed by atoms with Gasteiger partial charge < -0.3 is 14.6 Å². The van der Waals surface area contributed by atoms with Crippen LogP contribution in [-0.4, -0.2) is 41.1 Å². The van der Waals surface area contributed by atoms with Crippen molar-refractivity contribution >= 4 is 11.6 Å². The highest BCUT2D eigenvalue weighted by Crippen LogP contribution is 2.28. The first-order valence-corrected chi connectivity index (χ1v) is 11.8. The van der Waals surface area contributed by atoms with Crippen molar-refractivity contribution in [3.05, 3.63) is 59.5 Å². The summed E-state index contributed by atoms with van der Waals surface area (Å²) >= 11 is 0. The van der Waals surface area contributed by atoms with Gasteiger partial charge in [0.15, 0.2) is 0 Å². The molecule has 0 spiro atoms. The molecule has 1 saturated heterocycles. The largest absolute Gasteiger partial charge is 0.495 e. The number of piperidine rings is 1. The van der Waals surface area contributed by atoms with E-state index in [1.165, 1.54) is 5.56 Å². The topological polar surface area (TPSA) is 80.5 Å². The maximum atomic E-state index is 13.0. The number of aryl methyl sites for hydroxylation is 1. The zero-order valence-corrected chi connectivity index (χ0v) is 20.7. The van der Waals surface area contributed by atoms with E-state index in [0.717, 1.165) is 30.5 Å². The summed E-state index contributed by atoms with van der Waals surface area (Å²) in [6.07, 6.45) is 1.80. The van der Waals surface area contributed by atoms with Gasteiger partial charge in [-0.3, -0.25) is 9.69 Å². The number of rotatable bonds is 6. The van der Waals surface area contributed by atoms with E-state index in [0.29, 0.717) is 36.2 Å². The number of hydrogen-bond acceptors (Lipinski definition) is 6. The molecule has 1 aromatic heterocycles. The molecule has 1 aliphatic heterocycles. The highest BCUT2D eigenvalue weighted by molar-refractivity contribution is 5.94. The molecular weight excluding hydrogens is 428 g/mol. The number of carbonyl (C=O) groups excluding carboxylic acids is 1. The van der Waals surface area contributed by atoms with Gasteiger partial charge in [0, 0.05) is 12.1 Å². The second-order valence-corrected chi connectivity index (χ2v) is 10.1. The van der Waals surface area contributed by atoms with E-state index in [4.69, 9.17) is 9.26 Å². The zero-order chi connectivity index (χ0) is 24.3. The highest BCUT2D eigenvalue weighted by Gasteiger charge is 2.27. The lowest BCUT2D eigenvalue weighted by Crippen LogP contribution is -2.40. The fraction of sp³-hybridized carbons (Fsp3) is 0.444. The first-order chi connectivity index (χ1) is 16.2. The van der Waals surface area contributed by atoms with E-state index < -0.39 is 0 Å². The fourth-order valence-electron chi connectivity index (χ4n) is 4.31. The maximum Gasteiger partial charge on any atom is 0.241 e. The van der Waals surface area contributed by atoms with Crippen LogP contribution in [0.25, 0.3) is 11.4 Å². The van der Waals surface area contributed by atoms with E-state index in [1.54, 1.807) is 7.11 Å². The van der Waals surface area contributed by atoms with Crippen LogP contribution in [0.1, 0.15) is 50.6 Å². The molecule has 0 saturated carbocycles. The standard InChI is InChI=1S/C27H34N4O3/c1-18-8-13-23(33-5)22(15-18)28-26(32)20-7-6-14-31(16-20)17-24-29-25(30-34-24)19-9-11-21(12-10-19)27(2,3)4/h8-13,15,20H,6-7,14,16-17H2,1-5H3,(H,28,32). The Bertz CT molecular complexity index is 1130. The van der Waals surface area contributed by atoms with Crippen molar-refractivity contribution in [3.63, 3.8) is 0 Å². The number of amides is 1. The molecule has 1 N–H and O–H groups in total. The van der Waals surface area contributed by atoms with Gasteiger partial charge in [0.25, 0.3) is 0 Å². The minimum absolute atomic E-state index is 0.0127. The number of methoxy groups -OCH3 is 1. The van der Waals surface area contributed by atoms with Gasteiger partial charge >= 0.3 is 0 Å². The molecule has 0 aliphatic carbocycles. The Kier molecular flexibility index (Phi) is 7.03. The summed E-state index contributed by atoms with van der Waals surface area (Å²) in [5.74, 6) is 1.73. The van der Waals surface area contributed by atoms with Crippen molar-refractivity contribution in [2.24, 2.45) is 5.92 Å². The third-order valence-corrected chi connectivity index (χ3v) is 6.33. The van der Waals surface area contributed by atoms with Gasteiger partial charge in [0.05, 0.1) is 25.3 Å². The van der Waals surface area contributed by atoms with Crippen molar-refractivity contribution in [3.8, 4) is 17.1 Å². The van der Waals surface area contributed by atoms with Crippen LogP contribution in [0.4, 0.5) is 5.69 Å². The van der Waals surface area contributed by atoms with Gasteiger partial charge in [0.2, 0.25) is 17.6 Å². The molecule has 2 aromatic carbocycles. The molecule has 1 unspecified atom stereocenters. The lowest BCUT2D eigenvalue weighted by molar-refractivity contribution is -0.121. The van der Waals surface area contributed by atoms with Crippen molar-refractivity contribution < 1.29 is 14.1 Å². The van der Waals surface area contributed by atoms with E-state index in [9.17, 15) is 4.79 Å². The number of aromatic nitrogens is 2. The Hall–Kier alpha value is -3.19. The van der Waals surface area contributed by atoms with Crippen LogP contribution in [0.2, 0.25) is 0 Å². The molecule has 180 valence electrons. The Morgan fingerprint density at radius 2 is 1.97 bits per heavy atom. The molecule has 2 heterocycles. The molecule has 34 heavy (non-hydrogen) atoms. The van der Waals surface area contributed by atoms with Crippen LogP contribution in [0.15, 0.2) is 47.0 Å². The first-order valence-electron chi connectivity index (χ1n) is 11.8. The minimum atomic E-state index is -0.105. The molecule has 1 atom stereocenters. The van der Waals surface area contributed by atoms with Crippen LogP contribution in [0, 0.1) is 12.8 Å². The minimum Gasteiger partial charge on any atom is -0.495 e. The molecule has 7 heteroatoms. The molecular formula is C27H34N4O3. The fourth-order valence-corrected chi connectivity index (χ4v) is 4.31. The lowest BCUT2D eigenvalue weighted by Gasteiger charge is -2.31. The second-order valence-electron chi connectivity index (χ2n) is 10.1. The van der Waals surface area contributed by atoms with Crippen LogP contribution < -0.4 is 10.1 Å². The van der Waals surface area contributed by atoms with Gasteiger partial charge in [-0.05, 0) is 55.0 Å². The third kappa shape index (κ3) is 5.65. The Balaban J connectivity index is 1.38. The summed E-state index contributed by atoms with van der Waals surface area (Å²) in [4.78, 5) is 19.8. The summed E-state index contributed by atoms with van der Waals surface area (Å²) in [5.41, 5.74) is 4.08. The number of hydrogen-bond donors (Lipinski definition) is 1. The van der Waals surface area contributed by atoms with Gasteiger partial charge in [-0.15, -0.1) is 0 Å². The van der Waals surface area contributed by atoms with Crippen LogP contribution in [0.3, 0.4) is 0 Å². The van der Waals surface area contributed by atoms with Crippen molar-refractivity contribution in [2.45, 2.75) is 52.5 Å². The molecule has 0 radical (unpaired) electrons. The summed E-state index contributed by atoms with van der Waals surface area (Å²) in [5, 5.41) is 7.23. The number of benzene rings is 2. The highest BCUT2D eigenvalue weighted by atomic mass is 16.5. The molecule has 1 aliphatic rings. The monoisotopic (exact) mass is 462 g/mol. The number of nitrogens with one attached hydrogen (secondary N) is 1. The van der Waals surface area contributed by atoms with Crippen molar-refractivity contribution in [1.29, 1.82) is 0 Å². The Morgan fingerprint density at radius 1 is 1.21 bits per heavy atom. The third-order valence-electron chi connectivity index (χ3n) is 6.33. The van der Waals surface area contributed by atoms with Gasteiger partial charge in [0.1, 0.15) is 5.75 Å².